The van der Waals surface area contributed by atoms with Gasteiger partial charge in [-0.1, -0.05) is 6.07 Å². The van der Waals surface area contributed by atoms with Crippen LogP contribution < -0.4 is 10.6 Å². The van der Waals surface area contributed by atoms with Crippen molar-refractivity contribution in [3.8, 4) is 0 Å². The van der Waals surface area contributed by atoms with E-state index in [1.807, 2.05) is 14.0 Å². The minimum atomic E-state index is -0.321. The molecule has 18 heavy (non-hydrogen) atoms. The van der Waals surface area contributed by atoms with E-state index in [2.05, 4.69) is 26.6 Å². The molecular weight excluding hydrogens is 322 g/mol. The highest BCUT2D eigenvalue weighted by molar-refractivity contribution is 9.10. The van der Waals surface area contributed by atoms with Crippen LogP contribution >= 0.6 is 28.3 Å². The third kappa shape index (κ3) is 5.80. The van der Waals surface area contributed by atoms with Crippen LogP contribution in [0.25, 0.3) is 0 Å². The molecule has 0 spiro atoms. The molecule has 0 aliphatic carbocycles. The molecule has 1 unspecified atom stereocenters. The molecule has 0 saturated carbocycles. The Morgan fingerprint density at radius 2 is 2.17 bits per heavy atom. The Kier molecular flexibility index (Phi) is 8.15. The number of benzene rings is 1. The average molecular weight is 340 g/mol. The van der Waals surface area contributed by atoms with Crippen molar-refractivity contribution in [2.24, 2.45) is 0 Å². The van der Waals surface area contributed by atoms with E-state index in [4.69, 9.17) is 0 Å². The van der Waals surface area contributed by atoms with Crippen LogP contribution in [0.15, 0.2) is 22.7 Å². The number of carbonyl (C=O) groups is 1. The van der Waals surface area contributed by atoms with E-state index in [0.717, 1.165) is 5.56 Å². The van der Waals surface area contributed by atoms with Gasteiger partial charge in [0.05, 0.1) is 10.9 Å². The van der Waals surface area contributed by atoms with Gasteiger partial charge in [-0.15, -0.1) is 12.4 Å². The lowest BCUT2D eigenvalue weighted by atomic mass is 10.1. The lowest BCUT2D eigenvalue weighted by molar-refractivity contribution is -0.120. The second kappa shape index (κ2) is 8.45. The fraction of sp³-hybridized carbons (Fsp3) is 0.417. The lowest BCUT2D eigenvalue weighted by Crippen LogP contribution is -2.37. The molecule has 1 amide bonds. The summed E-state index contributed by atoms with van der Waals surface area (Å²) in [5.74, 6) is -0.386. The Labute approximate surface area is 121 Å². The molecule has 0 saturated heterocycles. The molecule has 1 aromatic rings. The third-order valence-corrected chi connectivity index (χ3v) is 3.05. The molecule has 2 N–H and O–H groups in total. The molecule has 6 heteroatoms. The molecule has 0 aromatic heterocycles. The largest absolute Gasteiger partial charge is 0.354 e. The van der Waals surface area contributed by atoms with Crippen LogP contribution in [-0.2, 0) is 11.2 Å². The number of nitrogens with one attached hydrogen (secondary N) is 2. The zero-order valence-electron chi connectivity index (χ0n) is 10.3. The molecule has 0 heterocycles. The fourth-order valence-electron chi connectivity index (χ4n) is 1.27. The summed E-state index contributed by atoms with van der Waals surface area (Å²) in [7, 11) is 1.84. The van der Waals surface area contributed by atoms with Gasteiger partial charge < -0.3 is 10.6 Å². The summed E-state index contributed by atoms with van der Waals surface area (Å²) < 4.78 is 13.4. The normalized spacial score (nSPS) is 11.6. The number of hydrogen-bond donors (Lipinski definition) is 2. The van der Waals surface area contributed by atoms with Crippen molar-refractivity contribution < 1.29 is 9.18 Å². The number of rotatable bonds is 5. The predicted molar refractivity (Wildman–Crippen MR) is 76.6 cm³/mol. The Morgan fingerprint density at radius 1 is 1.50 bits per heavy atom. The number of carbonyl (C=O) groups excluding carboxylic acids is 1. The van der Waals surface area contributed by atoms with Crippen LogP contribution in [0.5, 0.6) is 0 Å². The van der Waals surface area contributed by atoms with Crippen LogP contribution in [0.1, 0.15) is 12.5 Å². The van der Waals surface area contributed by atoms with Crippen LogP contribution in [0.2, 0.25) is 0 Å². The number of amides is 1. The Balaban J connectivity index is 0.00000289. The van der Waals surface area contributed by atoms with Gasteiger partial charge in [0, 0.05) is 12.6 Å². The van der Waals surface area contributed by atoms with Gasteiger partial charge in [0.15, 0.2) is 0 Å². The highest BCUT2D eigenvalue weighted by atomic mass is 79.9. The summed E-state index contributed by atoms with van der Waals surface area (Å²) in [4.78, 5) is 11.6. The van der Waals surface area contributed by atoms with Crippen molar-refractivity contribution in [3.05, 3.63) is 34.1 Å². The predicted octanol–water partition coefficient (Wildman–Crippen LogP) is 2.28. The Morgan fingerprint density at radius 3 is 2.72 bits per heavy atom. The number of halogens is 3. The molecule has 0 fully saturated rings. The molecule has 3 nitrogen and oxygen atoms in total. The van der Waals surface area contributed by atoms with Gasteiger partial charge in [-0.25, -0.2) is 4.39 Å². The summed E-state index contributed by atoms with van der Waals surface area (Å²) in [5, 5.41) is 5.83. The number of likely N-dealkylation sites (N-methyl/N-ethyl adjacent to an activating group) is 1. The van der Waals surface area contributed by atoms with Gasteiger partial charge in [0.25, 0.3) is 0 Å². The van der Waals surface area contributed by atoms with E-state index in [1.54, 1.807) is 12.1 Å². The van der Waals surface area contributed by atoms with Crippen molar-refractivity contribution >= 4 is 34.2 Å². The first-order chi connectivity index (χ1) is 8.02. The van der Waals surface area contributed by atoms with Crippen molar-refractivity contribution in [1.29, 1.82) is 0 Å². The first-order valence-electron chi connectivity index (χ1n) is 5.41. The van der Waals surface area contributed by atoms with E-state index in [1.165, 1.54) is 6.07 Å². The Bertz CT molecular complexity index is 404. The summed E-state index contributed by atoms with van der Waals surface area (Å²) in [6, 6.07) is 4.82. The van der Waals surface area contributed by atoms with E-state index in [9.17, 15) is 9.18 Å². The minimum absolute atomic E-state index is 0. The highest BCUT2D eigenvalue weighted by Crippen LogP contribution is 2.17. The van der Waals surface area contributed by atoms with Crippen LogP contribution in [0.3, 0.4) is 0 Å². The topological polar surface area (TPSA) is 41.1 Å². The minimum Gasteiger partial charge on any atom is -0.354 e. The average Bonchev–Trinajstić information content (AvgIpc) is 2.31. The smallest absolute Gasteiger partial charge is 0.224 e. The SMILES string of the molecule is CNC(C)CNC(=O)Cc1ccc(F)c(Br)c1.Cl. The van der Waals surface area contributed by atoms with Gasteiger partial charge in [-0.3, -0.25) is 4.79 Å². The van der Waals surface area contributed by atoms with E-state index < -0.39 is 0 Å². The molecular formula is C12H17BrClFN2O. The Hall–Kier alpha value is -0.650. The first-order valence-corrected chi connectivity index (χ1v) is 6.20. The molecule has 1 rings (SSSR count). The van der Waals surface area contributed by atoms with Crippen LogP contribution in [0.4, 0.5) is 4.39 Å². The van der Waals surface area contributed by atoms with Crippen molar-refractivity contribution in [2.75, 3.05) is 13.6 Å². The summed E-state index contributed by atoms with van der Waals surface area (Å²) in [6.45, 7) is 2.56. The first kappa shape index (κ1) is 17.4. The van der Waals surface area contributed by atoms with Gasteiger partial charge in [0.1, 0.15) is 5.82 Å². The van der Waals surface area contributed by atoms with Crippen LogP contribution in [0, 0.1) is 5.82 Å². The summed E-state index contributed by atoms with van der Waals surface area (Å²) in [5.41, 5.74) is 0.785. The zero-order valence-corrected chi connectivity index (χ0v) is 12.7. The third-order valence-electron chi connectivity index (χ3n) is 2.45. The molecule has 0 aliphatic heterocycles. The molecule has 1 atom stereocenters. The van der Waals surface area contributed by atoms with E-state index in [0.29, 0.717) is 11.0 Å². The number of hydrogen-bond acceptors (Lipinski definition) is 2. The van der Waals surface area contributed by atoms with Gasteiger partial charge in [-0.2, -0.15) is 0 Å². The fourth-order valence-corrected chi connectivity index (χ4v) is 1.69. The maximum Gasteiger partial charge on any atom is 0.224 e. The monoisotopic (exact) mass is 338 g/mol. The van der Waals surface area contributed by atoms with E-state index in [-0.39, 0.29) is 36.6 Å². The van der Waals surface area contributed by atoms with Gasteiger partial charge in [-0.05, 0) is 47.6 Å². The lowest BCUT2D eigenvalue weighted by Gasteiger charge is -2.11. The van der Waals surface area contributed by atoms with Crippen molar-refractivity contribution in [2.45, 2.75) is 19.4 Å². The van der Waals surface area contributed by atoms with Crippen molar-refractivity contribution in [1.82, 2.24) is 10.6 Å². The standard InChI is InChI=1S/C12H16BrFN2O.ClH/c1-8(15-2)7-16-12(17)6-9-3-4-11(14)10(13)5-9;/h3-5,8,15H,6-7H2,1-2H3,(H,16,17);1H. The highest BCUT2D eigenvalue weighted by Gasteiger charge is 2.07. The summed E-state index contributed by atoms with van der Waals surface area (Å²) >= 11 is 3.09. The molecule has 0 radical (unpaired) electrons. The zero-order chi connectivity index (χ0) is 12.8. The molecule has 0 aliphatic rings. The molecule has 102 valence electrons. The van der Waals surface area contributed by atoms with E-state index >= 15 is 0 Å². The maximum absolute atomic E-state index is 13.0. The second-order valence-electron chi connectivity index (χ2n) is 3.92. The molecule has 1 aromatic carbocycles. The molecule has 0 bridgehead atoms. The van der Waals surface area contributed by atoms with Crippen molar-refractivity contribution in [3.63, 3.8) is 0 Å². The van der Waals surface area contributed by atoms with Crippen LogP contribution in [-0.4, -0.2) is 25.5 Å². The maximum atomic E-state index is 13.0. The van der Waals surface area contributed by atoms with Gasteiger partial charge in [0.2, 0.25) is 5.91 Å². The second-order valence-corrected chi connectivity index (χ2v) is 4.77. The summed E-state index contributed by atoms with van der Waals surface area (Å²) in [6.07, 6.45) is 0.259. The van der Waals surface area contributed by atoms with Gasteiger partial charge >= 0.3 is 0 Å². The quantitative estimate of drug-likeness (QED) is 0.864.